The van der Waals surface area contributed by atoms with Crippen LogP contribution in [0.3, 0.4) is 0 Å². The summed E-state index contributed by atoms with van der Waals surface area (Å²) >= 11 is 0. The molecule has 0 saturated carbocycles. The fourth-order valence-electron chi connectivity index (χ4n) is 4.41. The topological polar surface area (TPSA) is 139 Å². The second-order valence-corrected chi connectivity index (χ2v) is 9.96. The summed E-state index contributed by atoms with van der Waals surface area (Å²) in [6.07, 6.45) is 13.0. The van der Waals surface area contributed by atoms with E-state index in [0.717, 1.165) is 23.3 Å². The van der Waals surface area contributed by atoms with Gasteiger partial charge in [0.2, 0.25) is 0 Å². The lowest BCUT2D eigenvalue weighted by molar-refractivity contribution is 0.112. The molecule has 8 heteroatoms. The number of terminal acetylenes is 1. The molecule has 1 aliphatic heterocycles. The first-order valence-electron chi connectivity index (χ1n) is 14.1. The van der Waals surface area contributed by atoms with Crippen molar-refractivity contribution in [2.75, 3.05) is 26.7 Å². The molecule has 8 nitrogen and oxygen atoms in total. The van der Waals surface area contributed by atoms with Gasteiger partial charge in [-0.25, -0.2) is 9.97 Å². The molecule has 1 aromatic heterocycles. The number of aromatic nitrogens is 2. The van der Waals surface area contributed by atoms with Crippen molar-refractivity contribution in [3.8, 4) is 12.3 Å². The van der Waals surface area contributed by atoms with Gasteiger partial charge in [-0.2, -0.15) is 0 Å². The molecule has 222 valence electrons. The number of rotatable bonds is 9. The van der Waals surface area contributed by atoms with Crippen LogP contribution in [-0.4, -0.2) is 54.1 Å². The summed E-state index contributed by atoms with van der Waals surface area (Å²) in [6.45, 7) is 6.30. The monoisotopic (exact) mass is 568 g/mol. The molecule has 42 heavy (non-hydrogen) atoms. The summed E-state index contributed by atoms with van der Waals surface area (Å²) < 4.78 is 0. The molecule has 0 spiro atoms. The molecule has 2 atom stereocenters. The number of nitrogens with zero attached hydrogens (tertiary/aromatic N) is 2. The average molecular weight is 569 g/mol. The van der Waals surface area contributed by atoms with E-state index in [2.05, 4.69) is 64.6 Å². The zero-order valence-electron chi connectivity index (χ0n) is 24.9. The van der Waals surface area contributed by atoms with E-state index >= 15 is 0 Å². The van der Waals surface area contributed by atoms with Crippen LogP contribution in [0.5, 0.6) is 0 Å². The number of aliphatic hydroxyl groups is 1. The number of carbonyl (C=O) groups is 1. The first-order chi connectivity index (χ1) is 20.3. The Morgan fingerprint density at radius 3 is 2.31 bits per heavy atom. The van der Waals surface area contributed by atoms with Gasteiger partial charge in [-0.05, 0) is 75.5 Å². The minimum absolute atomic E-state index is 0.0520. The van der Waals surface area contributed by atoms with Gasteiger partial charge in [-0.3, -0.25) is 4.79 Å². The SMILES string of the molecule is C#CCNC.Cc1ccc(C2CCN[C@@H]2C)cc1.N/C(=C\C(CCCO)=C(/N)c1ccc(C=O)cc1)c1ncccn1. The summed E-state index contributed by atoms with van der Waals surface area (Å²) in [7, 11) is 1.82. The fraction of sp³-hybridized carbons (Fsp3) is 0.324. The smallest absolute Gasteiger partial charge is 0.175 e. The molecular formula is C34H44N6O2. The van der Waals surface area contributed by atoms with Crippen molar-refractivity contribution in [2.24, 2.45) is 11.5 Å². The molecule has 7 N–H and O–H groups in total. The van der Waals surface area contributed by atoms with Crippen molar-refractivity contribution in [1.29, 1.82) is 0 Å². The highest BCUT2D eigenvalue weighted by Gasteiger charge is 2.23. The van der Waals surface area contributed by atoms with Crippen molar-refractivity contribution in [1.82, 2.24) is 20.6 Å². The molecule has 1 aliphatic rings. The van der Waals surface area contributed by atoms with Crippen LogP contribution in [0.2, 0.25) is 0 Å². The number of nitrogens with two attached hydrogens (primary N) is 2. The van der Waals surface area contributed by atoms with Gasteiger partial charge in [0, 0.05) is 42.2 Å². The van der Waals surface area contributed by atoms with Crippen molar-refractivity contribution in [3.05, 3.63) is 107 Å². The molecule has 1 saturated heterocycles. The fourth-order valence-corrected chi connectivity index (χ4v) is 4.41. The average Bonchev–Trinajstić information content (AvgIpc) is 3.46. The number of hydrogen-bond donors (Lipinski definition) is 5. The van der Waals surface area contributed by atoms with Crippen LogP contribution < -0.4 is 22.1 Å². The first-order valence-corrected chi connectivity index (χ1v) is 14.1. The molecule has 4 rings (SSSR count). The lowest BCUT2D eigenvalue weighted by Crippen LogP contribution is -2.21. The van der Waals surface area contributed by atoms with Gasteiger partial charge in [0.25, 0.3) is 0 Å². The third-order valence-electron chi connectivity index (χ3n) is 6.77. The quantitative estimate of drug-likeness (QED) is 0.148. The van der Waals surface area contributed by atoms with Crippen molar-refractivity contribution in [3.63, 3.8) is 0 Å². The molecule has 2 aromatic carbocycles. The third-order valence-corrected chi connectivity index (χ3v) is 6.77. The molecule has 1 fully saturated rings. The predicted octanol–water partition coefficient (Wildman–Crippen LogP) is 4.03. The Hall–Kier alpha value is -4.29. The van der Waals surface area contributed by atoms with E-state index in [1.165, 1.54) is 24.1 Å². The lowest BCUT2D eigenvalue weighted by atomic mass is 9.92. The Kier molecular flexibility index (Phi) is 15.3. The Labute approximate surface area is 250 Å². The summed E-state index contributed by atoms with van der Waals surface area (Å²) in [5, 5.41) is 15.4. The Morgan fingerprint density at radius 2 is 1.81 bits per heavy atom. The van der Waals surface area contributed by atoms with Crippen LogP contribution in [0.1, 0.15) is 65.0 Å². The van der Waals surface area contributed by atoms with Crippen LogP contribution >= 0.6 is 0 Å². The summed E-state index contributed by atoms with van der Waals surface area (Å²) in [4.78, 5) is 19.0. The summed E-state index contributed by atoms with van der Waals surface area (Å²) in [5.74, 6) is 3.55. The Balaban J connectivity index is 0.000000284. The normalized spacial score (nSPS) is 16.6. The number of nitrogens with one attached hydrogen (secondary N) is 2. The Bertz CT molecular complexity index is 1310. The lowest BCUT2D eigenvalue weighted by Gasteiger charge is -2.15. The summed E-state index contributed by atoms with van der Waals surface area (Å²) in [5.41, 5.74) is 18.3. The second kappa shape index (κ2) is 18.9. The van der Waals surface area contributed by atoms with Gasteiger partial charge in [0.05, 0.1) is 12.2 Å². The third kappa shape index (κ3) is 11.3. The number of hydrogen-bond acceptors (Lipinski definition) is 8. The maximum atomic E-state index is 10.8. The van der Waals surface area contributed by atoms with Crippen LogP contribution in [0, 0.1) is 19.3 Å². The van der Waals surface area contributed by atoms with Gasteiger partial charge < -0.3 is 27.2 Å². The van der Waals surface area contributed by atoms with Gasteiger partial charge >= 0.3 is 0 Å². The number of aryl methyl sites for hydroxylation is 1. The first kappa shape index (κ1) is 33.9. The number of benzene rings is 2. The number of allylic oxidation sites excluding steroid dienone is 2. The highest BCUT2D eigenvalue weighted by Crippen LogP contribution is 2.27. The number of carbonyl (C=O) groups excluding carboxylic acids is 1. The van der Waals surface area contributed by atoms with Crippen molar-refractivity contribution < 1.29 is 9.90 Å². The van der Waals surface area contributed by atoms with Crippen LogP contribution in [0.25, 0.3) is 11.4 Å². The number of aldehydes is 1. The van der Waals surface area contributed by atoms with Crippen molar-refractivity contribution in [2.45, 2.75) is 45.1 Å². The second-order valence-electron chi connectivity index (χ2n) is 9.96. The zero-order chi connectivity index (χ0) is 30.7. The molecule has 0 radical (unpaired) electrons. The van der Waals surface area contributed by atoms with E-state index in [4.69, 9.17) is 23.0 Å². The van der Waals surface area contributed by atoms with E-state index in [0.29, 0.717) is 48.2 Å². The summed E-state index contributed by atoms with van der Waals surface area (Å²) in [6, 6.07) is 18.3. The molecule has 0 bridgehead atoms. The molecule has 2 heterocycles. The van der Waals surface area contributed by atoms with Crippen LogP contribution in [0.4, 0.5) is 0 Å². The van der Waals surface area contributed by atoms with Crippen LogP contribution in [0.15, 0.2) is 78.6 Å². The standard InChI is InChI=1S/C18H20N4O2.C12H17N.C4H7N/c19-16(18-21-8-2-9-22-18)11-15(3-1-10-23)17(20)14-6-4-13(12-24)5-7-14;1-9-3-5-11(6-4-9)12-7-8-13-10(12)2;1-3-4-5-2/h2,4-9,11-12,23H,1,3,10,19-20H2;3-6,10,12-13H,7-8H2,1-2H3;1,5H,4H2,2H3/b16-11-,17-15-;;/t;10-,12?;/m.1./s1. The van der Waals surface area contributed by atoms with Gasteiger partial charge in [0.1, 0.15) is 6.29 Å². The van der Waals surface area contributed by atoms with Gasteiger partial charge in [0.15, 0.2) is 5.82 Å². The maximum Gasteiger partial charge on any atom is 0.175 e. The molecule has 3 aromatic rings. The largest absolute Gasteiger partial charge is 0.398 e. The molecule has 1 unspecified atom stereocenters. The van der Waals surface area contributed by atoms with E-state index in [-0.39, 0.29) is 6.61 Å². The van der Waals surface area contributed by atoms with Gasteiger partial charge in [-0.1, -0.05) is 60.0 Å². The van der Waals surface area contributed by atoms with E-state index < -0.39 is 0 Å². The molecule has 0 amide bonds. The van der Waals surface area contributed by atoms with Crippen molar-refractivity contribution >= 4 is 17.7 Å². The number of aliphatic hydroxyl groups excluding tert-OH is 1. The van der Waals surface area contributed by atoms with E-state index in [1.54, 1.807) is 48.8 Å². The van der Waals surface area contributed by atoms with E-state index in [9.17, 15) is 4.79 Å². The predicted molar refractivity (Wildman–Crippen MR) is 172 cm³/mol. The van der Waals surface area contributed by atoms with Gasteiger partial charge in [-0.15, -0.1) is 6.42 Å². The molecule has 0 aliphatic carbocycles. The highest BCUT2D eigenvalue weighted by molar-refractivity contribution is 5.77. The molecular weight excluding hydrogens is 524 g/mol. The minimum Gasteiger partial charge on any atom is -0.398 e. The highest BCUT2D eigenvalue weighted by atomic mass is 16.2. The minimum atomic E-state index is 0.0520. The maximum absolute atomic E-state index is 10.8. The zero-order valence-corrected chi connectivity index (χ0v) is 24.9. The van der Waals surface area contributed by atoms with Crippen LogP contribution in [-0.2, 0) is 0 Å². The van der Waals surface area contributed by atoms with E-state index in [1.807, 2.05) is 7.05 Å². The Morgan fingerprint density at radius 1 is 1.14 bits per heavy atom.